The number of nitrogens with one attached hydrogen (secondary N) is 1. The molecule has 1 unspecified atom stereocenters. The molecule has 0 spiro atoms. The van der Waals surface area contributed by atoms with E-state index in [2.05, 4.69) is 4.72 Å². The zero-order chi connectivity index (χ0) is 18.2. The first-order chi connectivity index (χ1) is 11.0. The average Bonchev–Trinajstić information content (AvgIpc) is 2.41. The molecule has 0 aromatic heterocycles. The van der Waals surface area contributed by atoms with Gasteiger partial charge >= 0.3 is 0 Å². The maximum Gasteiger partial charge on any atom is 0.241 e. The standard InChI is InChI=1S/C16H20ClF4NOS/c1-16(2,3)24(23)22-14(8-6-9(7-8)15(20)21)10-4-5-11(18)12(17)13(10)19/h4-5,8-9,14-15,22H,6-7H2,1-3H3/t8-,9-,14?,24-/m1/s1. The molecule has 8 heteroatoms. The SMILES string of the molecule is CC(C)(C)[S@@+]([O-])NC(c1ccc(F)c(Cl)c1F)[C@H]1C[C@H](C(F)F)C1. The normalized spacial score (nSPS) is 23.9. The largest absolute Gasteiger partial charge is 0.598 e. The fourth-order valence-corrected chi connectivity index (χ4v) is 3.75. The van der Waals surface area contributed by atoms with Gasteiger partial charge in [-0.05, 0) is 45.6 Å². The minimum absolute atomic E-state index is 0.0525. The van der Waals surface area contributed by atoms with Crippen molar-refractivity contribution >= 4 is 23.0 Å². The molecular formula is C16H20ClF4NOS. The van der Waals surface area contributed by atoms with Crippen LogP contribution in [-0.4, -0.2) is 15.7 Å². The lowest BCUT2D eigenvalue weighted by Crippen LogP contribution is -2.46. The van der Waals surface area contributed by atoms with Gasteiger partial charge in [-0.1, -0.05) is 17.7 Å². The second-order valence-electron chi connectivity index (χ2n) is 7.07. The van der Waals surface area contributed by atoms with E-state index in [0.717, 1.165) is 6.07 Å². The smallest absolute Gasteiger partial charge is 0.241 e. The molecule has 2 rings (SSSR count). The summed E-state index contributed by atoms with van der Waals surface area (Å²) in [5, 5.41) is -0.648. The lowest BCUT2D eigenvalue weighted by molar-refractivity contribution is -0.00702. The van der Waals surface area contributed by atoms with Crippen molar-refractivity contribution in [3.05, 3.63) is 34.4 Å². The van der Waals surface area contributed by atoms with Crippen LogP contribution in [0.3, 0.4) is 0 Å². The van der Waals surface area contributed by atoms with E-state index in [0.29, 0.717) is 0 Å². The molecule has 1 saturated carbocycles. The fourth-order valence-electron chi connectivity index (χ4n) is 2.67. The first-order valence-electron chi connectivity index (χ1n) is 7.62. The van der Waals surface area contributed by atoms with Gasteiger partial charge in [0.1, 0.15) is 21.4 Å². The summed E-state index contributed by atoms with van der Waals surface area (Å²) in [6, 6.07) is 1.49. The molecule has 24 heavy (non-hydrogen) atoms. The van der Waals surface area contributed by atoms with E-state index in [-0.39, 0.29) is 24.3 Å². The lowest BCUT2D eigenvalue weighted by Gasteiger charge is -2.41. The van der Waals surface area contributed by atoms with Crippen LogP contribution in [0.1, 0.15) is 45.2 Å². The molecule has 2 atom stereocenters. The Balaban J connectivity index is 2.29. The number of hydrogen-bond acceptors (Lipinski definition) is 2. The molecule has 0 saturated heterocycles. The van der Waals surface area contributed by atoms with Crippen LogP contribution in [0, 0.1) is 23.5 Å². The van der Waals surface area contributed by atoms with Crippen molar-refractivity contribution in [1.82, 2.24) is 4.72 Å². The highest BCUT2D eigenvalue weighted by Gasteiger charge is 2.44. The summed E-state index contributed by atoms with van der Waals surface area (Å²) in [5.41, 5.74) is 0.0525. The van der Waals surface area contributed by atoms with Gasteiger partial charge in [-0.15, -0.1) is 4.72 Å². The van der Waals surface area contributed by atoms with Crippen LogP contribution in [0.5, 0.6) is 0 Å². The van der Waals surface area contributed by atoms with E-state index in [9.17, 15) is 22.1 Å². The van der Waals surface area contributed by atoms with Crippen LogP contribution in [0.2, 0.25) is 5.02 Å². The summed E-state index contributed by atoms with van der Waals surface area (Å²) in [4.78, 5) is 0. The van der Waals surface area contributed by atoms with Crippen LogP contribution in [-0.2, 0) is 11.4 Å². The van der Waals surface area contributed by atoms with Crippen LogP contribution >= 0.6 is 11.6 Å². The van der Waals surface area contributed by atoms with Crippen molar-refractivity contribution in [2.75, 3.05) is 0 Å². The third kappa shape index (κ3) is 4.18. The zero-order valence-electron chi connectivity index (χ0n) is 13.6. The van der Waals surface area contributed by atoms with Crippen LogP contribution < -0.4 is 4.72 Å². The molecule has 0 amide bonds. The summed E-state index contributed by atoms with van der Waals surface area (Å²) >= 11 is 4.09. The predicted molar refractivity (Wildman–Crippen MR) is 87.4 cm³/mol. The van der Waals surface area contributed by atoms with Gasteiger partial charge < -0.3 is 4.55 Å². The van der Waals surface area contributed by atoms with Crippen molar-refractivity contribution in [3.63, 3.8) is 0 Å². The van der Waals surface area contributed by atoms with Gasteiger partial charge in [0.25, 0.3) is 0 Å². The molecule has 0 bridgehead atoms. The third-order valence-corrected chi connectivity index (χ3v) is 6.16. The van der Waals surface area contributed by atoms with Crippen LogP contribution in [0.15, 0.2) is 12.1 Å². The van der Waals surface area contributed by atoms with E-state index in [4.69, 9.17) is 11.6 Å². The average molecular weight is 386 g/mol. The van der Waals surface area contributed by atoms with E-state index >= 15 is 0 Å². The minimum Gasteiger partial charge on any atom is -0.598 e. The van der Waals surface area contributed by atoms with E-state index in [1.807, 2.05) is 0 Å². The molecule has 1 aromatic carbocycles. The Labute approximate surface area is 147 Å². The van der Waals surface area contributed by atoms with Crippen molar-refractivity contribution in [1.29, 1.82) is 0 Å². The van der Waals surface area contributed by atoms with Crippen LogP contribution in [0.25, 0.3) is 0 Å². The van der Waals surface area contributed by atoms with Gasteiger partial charge in [-0.3, -0.25) is 0 Å². The molecule has 1 N–H and O–H groups in total. The first-order valence-corrected chi connectivity index (χ1v) is 9.14. The van der Waals surface area contributed by atoms with Gasteiger partial charge in [-0.2, -0.15) is 0 Å². The summed E-state index contributed by atoms with van der Waals surface area (Å²) < 4.78 is 67.9. The zero-order valence-corrected chi connectivity index (χ0v) is 15.2. The van der Waals surface area contributed by atoms with Crippen molar-refractivity contribution in [2.45, 2.75) is 50.8 Å². The molecule has 136 valence electrons. The van der Waals surface area contributed by atoms with Gasteiger partial charge in [0.2, 0.25) is 6.43 Å². The molecule has 0 radical (unpaired) electrons. The molecule has 1 aliphatic carbocycles. The Morgan fingerprint density at radius 1 is 1.21 bits per heavy atom. The summed E-state index contributed by atoms with van der Waals surface area (Å²) in [6.07, 6.45) is -2.06. The van der Waals surface area contributed by atoms with Gasteiger partial charge in [-0.25, -0.2) is 17.6 Å². The molecule has 1 aliphatic rings. The number of alkyl halides is 2. The summed E-state index contributed by atoms with van der Waals surface area (Å²) in [5.74, 6) is -2.90. The first kappa shape index (κ1) is 19.8. The number of halogens is 5. The highest BCUT2D eigenvalue weighted by atomic mass is 35.5. The topological polar surface area (TPSA) is 35.1 Å². The van der Waals surface area contributed by atoms with Crippen molar-refractivity contribution < 1.29 is 22.1 Å². The van der Waals surface area contributed by atoms with Gasteiger partial charge in [0.15, 0.2) is 0 Å². The minimum atomic E-state index is -2.43. The Bertz CT molecular complexity index is 590. The quantitative estimate of drug-likeness (QED) is 0.439. The fraction of sp³-hybridized carbons (Fsp3) is 0.625. The molecule has 0 heterocycles. The number of rotatable bonds is 5. The van der Waals surface area contributed by atoms with Crippen molar-refractivity contribution in [2.24, 2.45) is 11.8 Å². The highest BCUT2D eigenvalue weighted by Crippen LogP contribution is 2.46. The molecule has 1 aromatic rings. The molecular weight excluding hydrogens is 366 g/mol. The Morgan fingerprint density at radius 3 is 2.29 bits per heavy atom. The number of hydrogen-bond donors (Lipinski definition) is 1. The lowest BCUT2D eigenvalue weighted by atomic mass is 9.70. The second kappa shape index (κ2) is 7.40. The third-order valence-electron chi connectivity index (χ3n) is 4.23. The van der Waals surface area contributed by atoms with Crippen LogP contribution in [0.4, 0.5) is 17.6 Å². The Hall–Kier alpha value is -0.500. The molecule has 2 nitrogen and oxygen atoms in total. The Kier molecular flexibility index (Phi) is 6.11. The second-order valence-corrected chi connectivity index (χ2v) is 9.44. The maximum absolute atomic E-state index is 14.4. The predicted octanol–water partition coefficient (Wildman–Crippen LogP) is 5.00. The van der Waals surface area contributed by atoms with Crippen molar-refractivity contribution in [3.8, 4) is 0 Å². The van der Waals surface area contributed by atoms with Gasteiger partial charge in [0, 0.05) is 22.8 Å². The molecule has 1 fully saturated rings. The van der Waals surface area contributed by atoms with E-state index in [1.54, 1.807) is 20.8 Å². The summed E-state index contributed by atoms with van der Waals surface area (Å²) in [7, 11) is 0. The van der Waals surface area contributed by atoms with E-state index < -0.39 is 51.2 Å². The highest BCUT2D eigenvalue weighted by molar-refractivity contribution is 7.90. The van der Waals surface area contributed by atoms with E-state index in [1.165, 1.54) is 6.07 Å². The number of benzene rings is 1. The summed E-state index contributed by atoms with van der Waals surface area (Å²) in [6.45, 7) is 5.22. The molecule has 0 aliphatic heterocycles. The maximum atomic E-state index is 14.4. The Morgan fingerprint density at radius 2 is 1.79 bits per heavy atom. The monoisotopic (exact) mass is 385 g/mol. The van der Waals surface area contributed by atoms with Gasteiger partial charge in [0.05, 0.1) is 6.04 Å².